The Morgan fingerprint density at radius 2 is 2.20 bits per heavy atom. The zero-order chi connectivity index (χ0) is 10.7. The van der Waals surface area contributed by atoms with Crippen LogP contribution in [0.2, 0.25) is 0 Å². The summed E-state index contributed by atoms with van der Waals surface area (Å²) in [6, 6.07) is -0.225. The maximum Gasteiger partial charge on any atom is 0.239 e. The molecule has 1 aliphatic rings. The molecular weight excluding hydrogens is 214 g/mol. The van der Waals surface area contributed by atoms with Gasteiger partial charge in [-0.15, -0.1) is 12.4 Å². The number of rotatable bonds is 2. The zero-order valence-electron chi connectivity index (χ0n) is 9.48. The highest BCUT2D eigenvalue weighted by Crippen LogP contribution is 2.22. The molecule has 90 valence electrons. The maximum atomic E-state index is 11.8. The maximum absolute atomic E-state index is 11.8. The lowest BCUT2D eigenvalue weighted by atomic mass is 9.90. The molecule has 0 aliphatic carbocycles. The highest BCUT2D eigenvalue weighted by Gasteiger charge is 2.31. The summed E-state index contributed by atoms with van der Waals surface area (Å²) >= 11 is 0. The Kier molecular flexibility index (Phi) is 6.17. The van der Waals surface area contributed by atoms with Gasteiger partial charge in [0, 0.05) is 19.1 Å². The molecule has 0 saturated carbocycles. The van der Waals surface area contributed by atoms with Crippen LogP contribution in [-0.4, -0.2) is 36.0 Å². The lowest BCUT2D eigenvalue weighted by Crippen LogP contribution is -2.55. The molecule has 0 spiro atoms. The van der Waals surface area contributed by atoms with Crippen molar-refractivity contribution in [2.45, 2.75) is 38.8 Å². The fourth-order valence-electron chi connectivity index (χ4n) is 2.14. The SMILES string of the molecule is CC1CCCN(C(=O)[C@@H](C)N)C1CN.Cl. The second-order valence-corrected chi connectivity index (χ2v) is 4.24. The van der Waals surface area contributed by atoms with Gasteiger partial charge in [-0.2, -0.15) is 0 Å². The van der Waals surface area contributed by atoms with Crippen molar-refractivity contribution >= 4 is 18.3 Å². The van der Waals surface area contributed by atoms with Crippen molar-refractivity contribution in [2.75, 3.05) is 13.1 Å². The molecule has 1 heterocycles. The first-order chi connectivity index (χ1) is 6.57. The van der Waals surface area contributed by atoms with Gasteiger partial charge in [-0.1, -0.05) is 6.92 Å². The number of carbonyl (C=O) groups excluding carboxylic acids is 1. The van der Waals surface area contributed by atoms with E-state index in [0.29, 0.717) is 12.5 Å². The summed E-state index contributed by atoms with van der Waals surface area (Å²) in [6.07, 6.45) is 2.22. The summed E-state index contributed by atoms with van der Waals surface area (Å²) in [5, 5.41) is 0. The molecule has 3 atom stereocenters. The standard InChI is InChI=1S/C10H21N3O.ClH/c1-7-4-3-5-13(9(7)6-11)10(14)8(2)12;/h7-9H,3-6,11-12H2,1-2H3;1H/t7?,8-,9?;/m1./s1. The van der Waals surface area contributed by atoms with Crippen LogP contribution in [0.25, 0.3) is 0 Å². The summed E-state index contributed by atoms with van der Waals surface area (Å²) in [4.78, 5) is 13.6. The number of nitrogens with two attached hydrogens (primary N) is 2. The van der Waals surface area contributed by atoms with Crippen molar-refractivity contribution < 1.29 is 4.79 Å². The fourth-order valence-corrected chi connectivity index (χ4v) is 2.14. The van der Waals surface area contributed by atoms with Crippen LogP contribution >= 0.6 is 12.4 Å². The Balaban J connectivity index is 0.00000196. The average Bonchev–Trinajstić information content (AvgIpc) is 2.16. The summed E-state index contributed by atoms with van der Waals surface area (Å²) in [5.41, 5.74) is 11.3. The molecule has 5 heteroatoms. The zero-order valence-corrected chi connectivity index (χ0v) is 10.3. The lowest BCUT2D eigenvalue weighted by Gasteiger charge is -2.40. The third kappa shape index (κ3) is 3.33. The van der Waals surface area contributed by atoms with Crippen molar-refractivity contribution in [2.24, 2.45) is 17.4 Å². The molecule has 2 unspecified atom stereocenters. The van der Waals surface area contributed by atoms with Crippen molar-refractivity contribution in [1.82, 2.24) is 4.90 Å². The van der Waals surface area contributed by atoms with E-state index in [4.69, 9.17) is 11.5 Å². The number of carbonyl (C=O) groups is 1. The predicted octanol–water partition coefficient (Wildman–Crippen LogP) is 0.341. The number of amides is 1. The molecule has 0 aromatic heterocycles. The average molecular weight is 236 g/mol. The van der Waals surface area contributed by atoms with E-state index in [9.17, 15) is 4.79 Å². The molecule has 0 bridgehead atoms. The van der Waals surface area contributed by atoms with Gasteiger partial charge in [-0.25, -0.2) is 0 Å². The van der Waals surface area contributed by atoms with E-state index in [2.05, 4.69) is 6.92 Å². The minimum atomic E-state index is -0.408. The molecule has 1 fully saturated rings. The number of piperidine rings is 1. The fraction of sp³-hybridized carbons (Fsp3) is 0.900. The van der Waals surface area contributed by atoms with Crippen LogP contribution in [-0.2, 0) is 4.79 Å². The van der Waals surface area contributed by atoms with E-state index in [1.807, 2.05) is 4.90 Å². The summed E-state index contributed by atoms with van der Waals surface area (Å²) < 4.78 is 0. The van der Waals surface area contributed by atoms with Gasteiger partial charge < -0.3 is 16.4 Å². The largest absolute Gasteiger partial charge is 0.337 e. The quantitative estimate of drug-likeness (QED) is 0.725. The number of nitrogens with zero attached hydrogens (tertiary/aromatic N) is 1. The van der Waals surface area contributed by atoms with Crippen LogP contribution in [0.15, 0.2) is 0 Å². The molecule has 4 N–H and O–H groups in total. The number of likely N-dealkylation sites (tertiary alicyclic amines) is 1. The molecule has 1 amide bonds. The summed E-state index contributed by atoms with van der Waals surface area (Å²) in [6.45, 7) is 5.24. The van der Waals surface area contributed by atoms with Crippen LogP contribution in [0.4, 0.5) is 0 Å². The highest BCUT2D eigenvalue weighted by molar-refractivity contribution is 5.85. The lowest BCUT2D eigenvalue weighted by molar-refractivity contribution is -0.137. The topological polar surface area (TPSA) is 72.3 Å². The van der Waals surface area contributed by atoms with Gasteiger partial charge in [0.1, 0.15) is 0 Å². The number of hydrogen-bond donors (Lipinski definition) is 2. The molecule has 15 heavy (non-hydrogen) atoms. The first-order valence-corrected chi connectivity index (χ1v) is 5.34. The Bertz CT molecular complexity index is 211. The van der Waals surface area contributed by atoms with Crippen LogP contribution in [0.5, 0.6) is 0 Å². The van der Waals surface area contributed by atoms with Gasteiger partial charge in [0.2, 0.25) is 5.91 Å². The van der Waals surface area contributed by atoms with Crippen LogP contribution in [0.1, 0.15) is 26.7 Å². The van der Waals surface area contributed by atoms with Crippen LogP contribution < -0.4 is 11.5 Å². The summed E-state index contributed by atoms with van der Waals surface area (Å²) in [7, 11) is 0. The Morgan fingerprint density at radius 1 is 1.60 bits per heavy atom. The minimum Gasteiger partial charge on any atom is -0.337 e. The van der Waals surface area contributed by atoms with Crippen LogP contribution in [0, 0.1) is 5.92 Å². The first kappa shape index (κ1) is 14.7. The monoisotopic (exact) mass is 235 g/mol. The van der Waals surface area contributed by atoms with E-state index >= 15 is 0 Å². The Labute approximate surface area is 97.8 Å². The first-order valence-electron chi connectivity index (χ1n) is 5.34. The van der Waals surface area contributed by atoms with E-state index in [1.165, 1.54) is 0 Å². The Morgan fingerprint density at radius 3 is 2.67 bits per heavy atom. The third-order valence-electron chi connectivity index (χ3n) is 3.03. The molecule has 1 aliphatic heterocycles. The van der Waals surface area contributed by atoms with E-state index in [1.54, 1.807) is 6.92 Å². The van der Waals surface area contributed by atoms with Gasteiger partial charge in [0.15, 0.2) is 0 Å². The van der Waals surface area contributed by atoms with E-state index in [-0.39, 0.29) is 24.4 Å². The van der Waals surface area contributed by atoms with E-state index in [0.717, 1.165) is 19.4 Å². The van der Waals surface area contributed by atoms with Gasteiger partial charge in [-0.3, -0.25) is 4.79 Å². The normalized spacial score (nSPS) is 28.1. The van der Waals surface area contributed by atoms with Gasteiger partial charge in [0.25, 0.3) is 0 Å². The predicted molar refractivity (Wildman–Crippen MR) is 63.9 cm³/mol. The minimum absolute atomic E-state index is 0. The summed E-state index contributed by atoms with van der Waals surface area (Å²) in [5.74, 6) is 0.531. The number of hydrogen-bond acceptors (Lipinski definition) is 3. The second kappa shape index (κ2) is 6.30. The van der Waals surface area contributed by atoms with Gasteiger partial charge >= 0.3 is 0 Å². The number of halogens is 1. The van der Waals surface area contributed by atoms with Gasteiger partial charge in [0.05, 0.1) is 6.04 Å². The van der Waals surface area contributed by atoms with Crippen molar-refractivity contribution in [3.8, 4) is 0 Å². The molecule has 0 aromatic carbocycles. The molecule has 0 aromatic rings. The van der Waals surface area contributed by atoms with Crippen molar-refractivity contribution in [1.29, 1.82) is 0 Å². The van der Waals surface area contributed by atoms with Crippen LogP contribution in [0.3, 0.4) is 0 Å². The third-order valence-corrected chi connectivity index (χ3v) is 3.03. The molecule has 1 saturated heterocycles. The van der Waals surface area contributed by atoms with Crippen molar-refractivity contribution in [3.05, 3.63) is 0 Å². The second-order valence-electron chi connectivity index (χ2n) is 4.24. The molecule has 1 rings (SSSR count). The molecular formula is C10H22ClN3O. The van der Waals surface area contributed by atoms with E-state index < -0.39 is 6.04 Å². The highest BCUT2D eigenvalue weighted by atomic mass is 35.5. The Hall–Kier alpha value is -0.320. The molecule has 0 radical (unpaired) electrons. The molecule has 4 nitrogen and oxygen atoms in total. The smallest absolute Gasteiger partial charge is 0.239 e. The van der Waals surface area contributed by atoms with Crippen molar-refractivity contribution in [3.63, 3.8) is 0 Å². The van der Waals surface area contributed by atoms with Gasteiger partial charge in [-0.05, 0) is 25.7 Å².